The molecule has 0 atom stereocenters. The highest BCUT2D eigenvalue weighted by Gasteiger charge is 2.18. The summed E-state index contributed by atoms with van der Waals surface area (Å²) < 4.78 is 0. The van der Waals surface area contributed by atoms with Gasteiger partial charge in [-0.3, -0.25) is 0 Å². The van der Waals surface area contributed by atoms with Gasteiger partial charge in [0.25, 0.3) is 0 Å². The zero-order valence-corrected chi connectivity index (χ0v) is 9.28. The maximum atomic E-state index is 3.88. The molecule has 0 amide bonds. The maximum Gasteiger partial charge on any atom is -0.01000 e. The van der Waals surface area contributed by atoms with Crippen LogP contribution in [-0.2, 0) is 0 Å². The lowest BCUT2D eigenvalue weighted by Gasteiger charge is -2.24. The van der Waals surface area contributed by atoms with Gasteiger partial charge in [0.1, 0.15) is 0 Å². The minimum Gasteiger partial charge on any atom is -0.128 e. The lowest BCUT2D eigenvalue weighted by Crippen LogP contribution is -2.11. The molecule has 0 aliphatic rings. The molecule has 0 unspecified atom stereocenters. The standard InChI is InChI=1S/C13H20/c1-7-9-12(10-11(3)4)13(5,6)8-2/h9-10H,1,3,8H2,2,4-6H3. The Morgan fingerprint density at radius 1 is 1.46 bits per heavy atom. The summed E-state index contributed by atoms with van der Waals surface area (Å²) in [5, 5.41) is 0. The van der Waals surface area contributed by atoms with Crippen LogP contribution in [0.2, 0.25) is 0 Å². The van der Waals surface area contributed by atoms with E-state index in [0.717, 1.165) is 12.0 Å². The summed E-state index contributed by atoms with van der Waals surface area (Å²) in [4.78, 5) is 0. The first kappa shape index (κ1) is 12.0. The molecule has 0 saturated carbocycles. The van der Waals surface area contributed by atoms with Crippen molar-refractivity contribution in [3.8, 4) is 0 Å². The molecular weight excluding hydrogens is 156 g/mol. The zero-order chi connectivity index (χ0) is 10.5. The van der Waals surface area contributed by atoms with Crippen LogP contribution in [0.3, 0.4) is 0 Å². The molecule has 0 aromatic heterocycles. The molecule has 0 radical (unpaired) electrons. The molecule has 72 valence electrons. The zero-order valence-electron chi connectivity index (χ0n) is 9.28. The highest BCUT2D eigenvalue weighted by molar-refractivity contribution is 5.31. The molecule has 0 aromatic rings. The summed E-state index contributed by atoms with van der Waals surface area (Å²) in [6.07, 6.45) is 5.14. The van der Waals surface area contributed by atoms with E-state index in [-0.39, 0.29) is 5.41 Å². The van der Waals surface area contributed by atoms with E-state index in [1.807, 2.05) is 13.0 Å². The summed E-state index contributed by atoms with van der Waals surface area (Å²) >= 11 is 0. The van der Waals surface area contributed by atoms with Crippen LogP contribution in [0.4, 0.5) is 0 Å². The molecule has 0 spiro atoms. The third kappa shape index (κ3) is 3.96. The predicted octanol–water partition coefficient (Wildman–Crippen LogP) is 4.27. The molecule has 0 rings (SSSR count). The van der Waals surface area contributed by atoms with Crippen LogP contribution in [0.1, 0.15) is 34.1 Å². The van der Waals surface area contributed by atoms with Crippen molar-refractivity contribution in [1.82, 2.24) is 0 Å². The van der Waals surface area contributed by atoms with E-state index >= 15 is 0 Å². The van der Waals surface area contributed by atoms with Crippen LogP contribution in [0.15, 0.2) is 42.2 Å². The average molecular weight is 176 g/mol. The molecule has 0 saturated heterocycles. The second kappa shape index (κ2) is 4.89. The monoisotopic (exact) mass is 176 g/mol. The van der Waals surface area contributed by atoms with E-state index in [0.29, 0.717) is 0 Å². The van der Waals surface area contributed by atoms with E-state index in [4.69, 9.17) is 0 Å². The van der Waals surface area contributed by atoms with Gasteiger partial charge in [-0.05, 0) is 30.4 Å². The van der Waals surface area contributed by atoms with E-state index < -0.39 is 0 Å². The highest BCUT2D eigenvalue weighted by Crippen LogP contribution is 2.31. The molecule has 0 N–H and O–H groups in total. The lowest BCUT2D eigenvalue weighted by atomic mass is 9.81. The second-order valence-corrected chi connectivity index (χ2v) is 4.03. The minimum absolute atomic E-state index is 0.184. The van der Waals surface area contributed by atoms with E-state index in [1.165, 1.54) is 5.57 Å². The van der Waals surface area contributed by atoms with Gasteiger partial charge >= 0.3 is 0 Å². The summed E-state index contributed by atoms with van der Waals surface area (Å²) in [5.41, 5.74) is 5.33. The molecule has 0 heterocycles. The molecule has 0 aliphatic carbocycles. The van der Waals surface area contributed by atoms with Gasteiger partial charge in [0, 0.05) is 0 Å². The van der Waals surface area contributed by atoms with Crippen LogP contribution in [0, 0.1) is 5.41 Å². The number of allylic oxidation sites excluding steroid dienone is 4. The van der Waals surface area contributed by atoms with Gasteiger partial charge in [0.15, 0.2) is 0 Å². The van der Waals surface area contributed by atoms with Gasteiger partial charge in [-0.25, -0.2) is 0 Å². The first-order chi connectivity index (χ1) is 5.94. The Labute approximate surface area is 82.4 Å². The fourth-order valence-corrected chi connectivity index (χ4v) is 1.01. The smallest absolute Gasteiger partial charge is 0.01000 e. The fourth-order valence-electron chi connectivity index (χ4n) is 1.01. The SMILES string of the molecule is C=C=CC(=CC(=C)C)C(C)(C)CC. The first-order valence-electron chi connectivity index (χ1n) is 4.67. The quantitative estimate of drug-likeness (QED) is 0.443. The molecule has 0 fully saturated rings. The normalized spacial score (nSPS) is 12.2. The third-order valence-corrected chi connectivity index (χ3v) is 2.32. The van der Waals surface area contributed by atoms with Gasteiger partial charge in [-0.15, -0.1) is 5.73 Å². The number of hydrogen-bond acceptors (Lipinski definition) is 0. The third-order valence-electron chi connectivity index (χ3n) is 2.32. The molecular formula is C13H20. The van der Waals surface area contributed by atoms with Crippen molar-refractivity contribution in [3.05, 3.63) is 42.2 Å². The minimum atomic E-state index is 0.184. The Balaban J connectivity index is 5.03. The molecule has 0 heteroatoms. The van der Waals surface area contributed by atoms with Crippen LogP contribution in [0.25, 0.3) is 0 Å². The van der Waals surface area contributed by atoms with E-state index in [2.05, 4.69) is 45.7 Å². The Bertz CT molecular complexity index is 258. The summed E-state index contributed by atoms with van der Waals surface area (Å²) in [6, 6.07) is 0. The molecule has 0 aliphatic heterocycles. The number of rotatable bonds is 4. The predicted molar refractivity (Wildman–Crippen MR) is 60.7 cm³/mol. The van der Waals surface area contributed by atoms with Gasteiger partial charge in [0.05, 0.1) is 0 Å². The molecule has 0 aromatic carbocycles. The summed E-state index contributed by atoms with van der Waals surface area (Å²) in [6.45, 7) is 16.1. The van der Waals surface area contributed by atoms with Crippen molar-refractivity contribution in [2.24, 2.45) is 5.41 Å². The molecule has 13 heavy (non-hydrogen) atoms. The lowest BCUT2D eigenvalue weighted by molar-refractivity contribution is 0.440. The van der Waals surface area contributed by atoms with Gasteiger partial charge in [-0.2, -0.15) is 0 Å². The van der Waals surface area contributed by atoms with Gasteiger partial charge in [0.2, 0.25) is 0 Å². The van der Waals surface area contributed by atoms with Gasteiger partial charge in [-0.1, -0.05) is 45.6 Å². The van der Waals surface area contributed by atoms with E-state index in [9.17, 15) is 0 Å². The topological polar surface area (TPSA) is 0 Å². The van der Waals surface area contributed by atoms with Crippen molar-refractivity contribution in [2.45, 2.75) is 34.1 Å². The van der Waals surface area contributed by atoms with Crippen molar-refractivity contribution < 1.29 is 0 Å². The maximum absolute atomic E-state index is 3.88. The van der Waals surface area contributed by atoms with Crippen molar-refractivity contribution in [2.75, 3.05) is 0 Å². The van der Waals surface area contributed by atoms with Crippen LogP contribution >= 0.6 is 0 Å². The highest BCUT2D eigenvalue weighted by atomic mass is 14.2. The Kier molecular flexibility index (Phi) is 4.51. The fraction of sp³-hybridized carbons (Fsp3) is 0.462. The summed E-state index contributed by atoms with van der Waals surface area (Å²) in [5.74, 6) is 0. The van der Waals surface area contributed by atoms with Gasteiger partial charge < -0.3 is 0 Å². The molecule has 0 nitrogen and oxygen atoms in total. The molecule has 0 bridgehead atoms. The number of hydrogen-bond donors (Lipinski definition) is 0. The van der Waals surface area contributed by atoms with E-state index in [1.54, 1.807) is 0 Å². The van der Waals surface area contributed by atoms with Crippen LogP contribution in [0.5, 0.6) is 0 Å². The largest absolute Gasteiger partial charge is 0.128 e. The van der Waals surface area contributed by atoms with Crippen LogP contribution < -0.4 is 0 Å². The van der Waals surface area contributed by atoms with Crippen molar-refractivity contribution in [3.63, 3.8) is 0 Å². The Hall–Kier alpha value is -1.00. The average Bonchev–Trinajstić information content (AvgIpc) is 2.03. The Morgan fingerprint density at radius 3 is 2.31 bits per heavy atom. The Morgan fingerprint density at radius 2 is 2.00 bits per heavy atom. The van der Waals surface area contributed by atoms with Crippen LogP contribution in [-0.4, -0.2) is 0 Å². The van der Waals surface area contributed by atoms with Crippen molar-refractivity contribution >= 4 is 0 Å². The van der Waals surface area contributed by atoms with Crippen molar-refractivity contribution in [1.29, 1.82) is 0 Å². The second-order valence-electron chi connectivity index (χ2n) is 4.03. The summed E-state index contributed by atoms with van der Waals surface area (Å²) in [7, 11) is 0. The first-order valence-corrected chi connectivity index (χ1v) is 4.67.